The van der Waals surface area contributed by atoms with Gasteiger partial charge >= 0.3 is 0 Å². The Morgan fingerprint density at radius 3 is 2.24 bits per heavy atom. The molecule has 0 radical (unpaired) electrons. The minimum absolute atomic E-state index is 0.163. The van der Waals surface area contributed by atoms with E-state index in [1.807, 2.05) is 36.4 Å². The summed E-state index contributed by atoms with van der Waals surface area (Å²) in [6.45, 7) is 0. The zero-order valence-corrected chi connectivity index (χ0v) is 18.6. The number of carbonyl (C=O) groups excluding carboxylic acids is 1. The van der Waals surface area contributed by atoms with Gasteiger partial charge in [0.15, 0.2) is 5.11 Å². The van der Waals surface area contributed by atoms with Crippen molar-refractivity contribution in [2.45, 2.75) is 0 Å². The molecule has 3 rings (SSSR count). The second-order valence-corrected chi connectivity index (χ2v) is 5.72. The largest absolute Gasteiger partial charge is 0.300 e. The maximum Gasteiger partial charge on any atom is 0.257 e. The number of hydrogen-bond acceptors (Lipinski definition) is 5. The molecule has 0 aliphatic heterocycles. The van der Waals surface area contributed by atoms with Crippen LogP contribution in [0.3, 0.4) is 0 Å². The third-order valence-electron chi connectivity index (χ3n) is 2.94. The molecule has 0 atom stereocenters. The summed E-state index contributed by atoms with van der Waals surface area (Å²) in [5, 5.41) is 6.37. The van der Waals surface area contributed by atoms with Crippen molar-refractivity contribution in [3.8, 4) is 10.6 Å². The highest BCUT2D eigenvalue weighted by Gasteiger charge is 2.10. The van der Waals surface area contributed by atoms with Crippen LogP contribution in [-0.2, 0) is 0 Å². The number of carbonyl (C=O) groups is 1. The van der Waals surface area contributed by atoms with Crippen LogP contribution >= 0.6 is 61.0 Å². The molecule has 5 nitrogen and oxygen atoms in total. The smallest absolute Gasteiger partial charge is 0.257 e. The molecule has 0 unspecified atom stereocenters. The van der Waals surface area contributed by atoms with E-state index < -0.39 is 0 Å². The van der Waals surface area contributed by atoms with Crippen molar-refractivity contribution >= 4 is 78.0 Å². The van der Waals surface area contributed by atoms with Crippen LogP contribution in [0, 0.1) is 0 Å². The standard InChI is InChI=1S/C16H12N4OS2.I2/c21-13(11-7-3-1-4-8-11)17-16(22)19-15-18-14(23-20-15)12-9-5-2-6-10-12;1-2/h1-10H,(H2,17,19,20,21,22);. The summed E-state index contributed by atoms with van der Waals surface area (Å²) in [6, 6.07) is 18.6. The number of nitrogens with zero attached hydrogens (tertiary/aromatic N) is 2. The second-order valence-electron chi connectivity index (χ2n) is 4.56. The molecular formula is C16H12I2N4OS2. The lowest BCUT2D eigenvalue weighted by atomic mass is 10.2. The van der Waals surface area contributed by atoms with E-state index in [9.17, 15) is 4.79 Å². The fourth-order valence-electron chi connectivity index (χ4n) is 1.87. The van der Waals surface area contributed by atoms with Gasteiger partial charge in [-0.25, -0.2) is 0 Å². The van der Waals surface area contributed by atoms with E-state index in [4.69, 9.17) is 12.2 Å². The quantitative estimate of drug-likeness (QED) is 0.327. The van der Waals surface area contributed by atoms with Crippen molar-refractivity contribution in [2.24, 2.45) is 0 Å². The highest BCUT2D eigenvalue weighted by molar-refractivity contribution is 15.0. The van der Waals surface area contributed by atoms with E-state index in [1.54, 1.807) is 24.3 Å². The van der Waals surface area contributed by atoms with Gasteiger partial charge < -0.3 is 5.32 Å². The predicted octanol–water partition coefficient (Wildman–Crippen LogP) is 5.10. The van der Waals surface area contributed by atoms with E-state index in [2.05, 4.69) is 57.2 Å². The van der Waals surface area contributed by atoms with Crippen LogP contribution in [0.4, 0.5) is 5.95 Å². The molecular weight excluding hydrogens is 582 g/mol. The Morgan fingerprint density at radius 1 is 1.00 bits per heavy atom. The van der Waals surface area contributed by atoms with Crippen molar-refractivity contribution < 1.29 is 4.79 Å². The first kappa shape index (κ1) is 20.1. The van der Waals surface area contributed by atoms with Crippen molar-refractivity contribution in [1.29, 1.82) is 0 Å². The predicted molar refractivity (Wildman–Crippen MR) is 124 cm³/mol. The van der Waals surface area contributed by atoms with Gasteiger partial charge in [-0.15, -0.1) is 0 Å². The van der Waals surface area contributed by atoms with Crippen molar-refractivity contribution in [3.63, 3.8) is 0 Å². The SMILES string of the molecule is II.O=C(NC(=S)Nc1nsc(-c2ccccc2)n1)c1ccccc1. The van der Waals surface area contributed by atoms with E-state index in [0.717, 1.165) is 10.6 Å². The summed E-state index contributed by atoms with van der Waals surface area (Å²) < 4.78 is 4.19. The van der Waals surface area contributed by atoms with Gasteiger partial charge in [-0.3, -0.25) is 10.1 Å². The topological polar surface area (TPSA) is 66.9 Å². The minimum atomic E-state index is -0.276. The molecule has 0 bridgehead atoms. The third-order valence-corrected chi connectivity index (χ3v) is 3.90. The lowest BCUT2D eigenvalue weighted by molar-refractivity contribution is 0.0977. The molecule has 25 heavy (non-hydrogen) atoms. The van der Waals surface area contributed by atoms with Crippen molar-refractivity contribution in [3.05, 3.63) is 66.2 Å². The fourth-order valence-corrected chi connectivity index (χ4v) is 2.68. The number of anilines is 1. The first-order valence-electron chi connectivity index (χ1n) is 6.93. The summed E-state index contributed by atoms with van der Waals surface area (Å²) in [7, 11) is 0. The second kappa shape index (κ2) is 10.7. The molecule has 2 aromatic carbocycles. The first-order chi connectivity index (χ1) is 12.2. The molecule has 0 aliphatic rings. The zero-order chi connectivity index (χ0) is 18.1. The Morgan fingerprint density at radius 2 is 1.60 bits per heavy atom. The van der Waals surface area contributed by atoms with Gasteiger partial charge in [-0.2, -0.15) is 9.36 Å². The number of hydrogen-bond donors (Lipinski definition) is 2. The summed E-state index contributed by atoms with van der Waals surface area (Å²) in [4.78, 5) is 16.4. The number of aromatic nitrogens is 2. The Kier molecular flexibility index (Phi) is 8.64. The Labute approximate surface area is 178 Å². The van der Waals surface area contributed by atoms with Gasteiger partial charge in [0.05, 0.1) is 0 Å². The third kappa shape index (κ3) is 6.24. The van der Waals surface area contributed by atoms with E-state index in [1.165, 1.54) is 11.5 Å². The van der Waals surface area contributed by atoms with E-state index in [0.29, 0.717) is 11.5 Å². The molecule has 0 fully saturated rings. The molecule has 0 spiro atoms. The number of benzene rings is 2. The van der Waals surface area contributed by atoms with Gasteiger partial charge in [-0.1, -0.05) is 48.5 Å². The minimum Gasteiger partial charge on any atom is -0.300 e. The lowest BCUT2D eigenvalue weighted by Gasteiger charge is -2.06. The van der Waals surface area contributed by atoms with E-state index >= 15 is 0 Å². The average Bonchev–Trinajstić information content (AvgIpc) is 3.13. The maximum absolute atomic E-state index is 12.0. The maximum atomic E-state index is 12.0. The molecule has 0 saturated heterocycles. The van der Waals surface area contributed by atoms with Gasteiger partial charge in [-0.05, 0) is 35.9 Å². The molecule has 0 saturated carbocycles. The number of nitrogens with one attached hydrogen (secondary N) is 2. The normalized spacial score (nSPS) is 9.52. The summed E-state index contributed by atoms with van der Waals surface area (Å²) in [6.07, 6.45) is 0. The number of amides is 1. The first-order valence-corrected chi connectivity index (χ1v) is 14.4. The zero-order valence-electron chi connectivity index (χ0n) is 12.6. The lowest BCUT2D eigenvalue weighted by Crippen LogP contribution is -2.34. The molecule has 3 aromatic rings. The Balaban J connectivity index is 0.00000109. The van der Waals surface area contributed by atoms with Crippen LogP contribution in [0.1, 0.15) is 10.4 Å². The van der Waals surface area contributed by atoms with Gasteiger partial charge in [0.1, 0.15) is 5.01 Å². The Hall–Kier alpha value is -1.18. The average molecular weight is 594 g/mol. The fraction of sp³-hybridized carbons (Fsp3) is 0. The molecule has 2 N–H and O–H groups in total. The highest BCUT2D eigenvalue weighted by Crippen LogP contribution is 2.22. The monoisotopic (exact) mass is 594 g/mol. The van der Waals surface area contributed by atoms with Crippen LogP contribution in [-0.4, -0.2) is 20.4 Å². The van der Waals surface area contributed by atoms with Gasteiger partial charge in [0, 0.05) is 48.4 Å². The van der Waals surface area contributed by atoms with Crippen LogP contribution in [0.2, 0.25) is 0 Å². The van der Waals surface area contributed by atoms with Crippen molar-refractivity contribution in [2.75, 3.05) is 5.32 Å². The molecule has 1 aromatic heterocycles. The van der Waals surface area contributed by atoms with Crippen LogP contribution in [0.5, 0.6) is 0 Å². The molecule has 1 heterocycles. The summed E-state index contributed by atoms with van der Waals surface area (Å²) >= 11 is 10.6. The highest BCUT2D eigenvalue weighted by atomic mass is 128. The van der Waals surface area contributed by atoms with Gasteiger partial charge in [0.2, 0.25) is 5.95 Å². The van der Waals surface area contributed by atoms with Gasteiger partial charge in [0.25, 0.3) is 5.91 Å². The number of thiocarbonyl (C=S) groups is 1. The molecule has 1 amide bonds. The summed E-state index contributed by atoms with van der Waals surface area (Å²) in [5.41, 5.74) is 1.52. The molecule has 9 heteroatoms. The van der Waals surface area contributed by atoms with Crippen LogP contribution in [0.25, 0.3) is 10.6 Å². The van der Waals surface area contributed by atoms with Crippen LogP contribution in [0.15, 0.2) is 60.7 Å². The molecule has 0 aliphatic carbocycles. The molecule has 128 valence electrons. The number of halogens is 2. The summed E-state index contributed by atoms with van der Waals surface area (Å²) in [5.74, 6) is 0.0915. The number of rotatable bonds is 3. The van der Waals surface area contributed by atoms with E-state index in [-0.39, 0.29) is 11.0 Å². The Bertz CT molecular complexity index is 828. The van der Waals surface area contributed by atoms with Crippen molar-refractivity contribution in [1.82, 2.24) is 14.7 Å². The van der Waals surface area contributed by atoms with Crippen LogP contribution < -0.4 is 10.6 Å².